The Bertz CT molecular complexity index is 756. The van der Waals surface area contributed by atoms with Crippen LogP contribution in [0.1, 0.15) is 17.3 Å². The molecular formula is C17H16N2O4. The molecule has 0 saturated heterocycles. The predicted molar refractivity (Wildman–Crippen MR) is 86.1 cm³/mol. The van der Waals surface area contributed by atoms with E-state index in [4.69, 9.17) is 9.47 Å². The lowest BCUT2D eigenvalue weighted by atomic mass is 10.1. The molecule has 0 saturated carbocycles. The molecule has 1 heterocycles. The van der Waals surface area contributed by atoms with E-state index in [1.165, 1.54) is 0 Å². The number of para-hydroxylation sites is 1. The third-order valence-corrected chi connectivity index (χ3v) is 3.55. The lowest BCUT2D eigenvalue weighted by Crippen LogP contribution is -2.34. The van der Waals surface area contributed by atoms with Gasteiger partial charge in [-0.05, 0) is 43.3 Å². The van der Waals surface area contributed by atoms with Gasteiger partial charge in [0.1, 0.15) is 17.2 Å². The van der Waals surface area contributed by atoms with Gasteiger partial charge in [0.05, 0.1) is 12.8 Å². The minimum Gasteiger partial charge on any atom is -0.497 e. The Morgan fingerprint density at radius 3 is 2.65 bits per heavy atom. The minimum absolute atomic E-state index is 0.247. The predicted octanol–water partition coefficient (Wildman–Crippen LogP) is 2.67. The highest BCUT2D eigenvalue weighted by Crippen LogP contribution is 2.36. The molecule has 1 aliphatic rings. The maximum Gasteiger partial charge on any atom is 0.265 e. The molecule has 1 atom stereocenters. The van der Waals surface area contributed by atoms with E-state index in [1.807, 2.05) is 0 Å². The van der Waals surface area contributed by atoms with Crippen LogP contribution in [0.4, 0.5) is 11.4 Å². The SMILES string of the molecule is COc1ccc(C(=O)Nc2cccc3c2NC(=O)C(C)O3)cc1. The summed E-state index contributed by atoms with van der Waals surface area (Å²) in [4.78, 5) is 24.1. The van der Waals surface area contributed by atoms with Crippen LogP contribution < -0.4 is 20.1 Å². The number of nitrogens with one attached hydrogen (secondary N) is 2. The number of fused-ring (bicyclic) bond motifs is 1. The number of rotatable bonds is 3. The summed E-state index contributed by atoms with van der Waals surface area (Å²) in [6, 6.07) is 12.0. The van der Waals surface area contributed by atoms with Crippen LogP contribution in [0.15, 0.2) is 42.5 Å². The van der Waals surface area contributed by atoms with Crippen LogP contribution >= 0.6 is 0 Å². The summed E-state index contributed by atoms with van der Waals surface area (Å²) in [5.41, 5.74) is 1.45. The quantitative estimate of drug-likeness (QED) is 0.913. The molecular weight excluding hydrogens is 296 g/mol. The lowest BCUT2D eigenvalue weighted by Gasteiger charge is -2.25. The van der Waals surface area contributed by atoms with Crippen molar-refractivity contribution in [1.29, 1.82) is 0 Å². The largest absolute Gasteiger partial charge is 0.497 e. The maximum atomic E-state index is 12.3. The average Bonchev–Trinajstić information content (AvgIpc) is 2.56. The van der Waals surface area contributed by atoms with Crippen molar-refractivity contribution in [2.24, 2.45) is 0 Å². The first-order chi connectivity index (χ1) is 11.1. The molecule has 2 aromatic rings. The monoisotopic (exact) mass is 312 g/mol. The smallest absolute Gasteiger partial charge is 0.265 e. The van der Waals surface area contributed by atoms with Crippen LogP contribution in [0, 0.1) is 0 Å². The molecule has 0 aliphatic carbocycles. The van der Waals surface area contributed by atoms with Crippen LogP contribution in [-0.2, 0) is 4.79 Å². The second-order valence-electron chi connectivity index (χ2n) is 5.11. The fourth-order valence-corrected chi connectivity index (χ4v) is 2.27. The van der Waals surface area contributed by atoms with Gasteiger partial charge in [0.25, 0.3) is 11.8 Å². The molecule has 0 radical (unpaired) electrons. The van der Waals surface area contributed by atoms with Gasteiger partial charge >= 0.3 is 0 Å². The molecule has 6 heteroatoms. The molecule has 6 nitrogen and oxygen atoms in total. The summed E-state index contributed by atoms with van der Waals surface area (Å²) in [6.07, 6.45) is -0.560. The van der Waals surface area contributed by atoms with Gasteiger partial charge in [-0.15, -0.1) is 0 Å². The molecule has 3 rings (SSSR count). The molecule has 2 amide bonds. The Labute approximate surface area is 133 Å². The van der Waals surface area contributed by atoms with Crippen molar-refractivity contribution in [3.63, 3.8) is 0 Å². The summed E-state index contributed by atoms with van der Waals surface area (Å²) >= 11 is 0. The van der Waals surface area contributed by atoms with Crippen molar-refractivity contribution in [2.45, 2.75) is 13.0 Å². The fourth-order valence-electron chi connectivity index (χ4n) is 2.27. The first-order valence-electron chi connectivity index (χ1n) is 7.14. The molecule has 2 N–H and O–H groups in total. The number of amides is 2. The lowest BCUT2D eigenvalue weighted by molar-refractivity contribution is -0.122. The number of ether oxygens (including phenoxy) is 2. The third kappa shape index (κ3) is 2.96. The van der Waals surface area contributed by atoms with Gasteiger partial charge in [-0.2, -0.15) is 0 Å². The molecule has 1 aliphatic heterocycles. The standard InChI is InChI=1S/C17H16N2O4/c1-10-16(20)19-15-13(4-3-5-14(15)23-10)18-17(21)11-6-8-12(22-2)9-7-11/h3-10H,1-2H3,(H,18,21)(H,19,20). The van der Waals surface area contributed by atoms with E-state index < -0.39 is 6.10 Å². The van der Waals surface area contributed by atoms with Crippen molar-refractivity contribution < 1.29 is 19.1 Å². The first kappa shape index (κ1) is 14.9. The first-order valence-corrected chi connectivity index (χ1v) is 7.14. The summed E-state index contributed by atoms with van der Waals surface area (Å²) in [6.45, 7) is 1.67. The molecule has 1 unspecified atom stereocenters. The molecule has 0 spiro atoms. The second-order valence-corrected chi connectivity index (χ2v) is 5.11. The number of carbonyl (C=O) groups excluding carboxylic acids is 2. The fraction of sp³-hybridized carbons (Fsp3) is 0.176. The van der Waals surface area contributed by atoms with E-state index in [9.17, 15) is 9.59 Å². The third-order valence-electron chi connectivity index (χ3n) is 3.55. The van der Waals surface area contributed by atoms with Gasteiger partial charge in [-0.25, -0.2) is 0 Å². The molecule has 23 heavy (non-hydrogen) atoms. The average molecular weight is 312 g/mol. The number of hydrogen-bond acceptors (Lipinski definition) is 4. The second kappa shape index (κ2) is 6.00. The van der Waals surface area contributed by atoms with E-state index in [0.717, 1.165) is 0 Å². The molecule has 0 aromatic heterocycles. The minimum atomic E-state index is -0.560. The number of methoxy groups -OCH3 is 1. The Balaban J connectivity index is 1.84. The van der Waals surface area contributed by atoms with Gasteiger partial charge < -0.3 is 20.1 Å². The Morgan fingerprint density at radius 1 is 1.22 bits per heavy atom. The van der Waals surface area contributed by atoms with Gasteiger partial charge in [0, 0.05) is 5.56 Å². The van der Waals surface area contributed by atoms with Crippen LogP contribution in [0.5, 0.6) is 11.5 Å². The Kier molecular flexibility index (Phi) is 3.89. The van der Waals surface area contributed by atoms with E-state index in [1.54, 1.807) is 56.5 Å². The van der Waals surface area contributed by atoms with Crippen LogP contribution in [0.3, 0.4) is 0 Å². The van der Waals surface area contributed by atoms with Crippen LogP contribution in [0.25, 0.3) is 0 Å². The van der Waals surface area contributed by atoms with Crippen LogP contribution in [-0.4, -0.2) is 25.0 Å². The Morgan fingerprint density at radius 2 is 1.96 bits per heavy atom. The zero-order valence-corrected chi connectivity index (χ0v) is 12.8. The molecule has 0 bridgehead atoms. The van der Waals surface area contributed by atoms with E-state index in [2.05, 4.69) is 10.6 Å². The zero-order chi connectivity index (χ0) is 16.4. The maximum absolute atomic E-state index is 12.3. The van der Waals surface area contributed by atoms with Crippen molar-refractivity contribution in [3.8, 4) is 11.5 Å². The van der Waals surface area contributed by atoms with Crippen molar-refractivity contribution in [1.82, 2.24) is 0 Å². The summed E-state index contributed by atoms with van der Waals surface area (Å²) < 4.78 is 10.6. The summed E-state index contributed by atoms with van der Waals surface area (Å²) in [7, 11) is 1.56. The van der Waals surface area contributed by atoms with Crippen molar-refractivity contribution >= 4 is 23.2 Å². The van der Waals surface area contributed by atoms with Crippen molar-refractivity contribution in [2.75, 3.05) is 17.7 Å². The molecule has 2 aromatic carbocycles. The molecule has 0 fully saturated rings. The van der Waals surface area contributed by atoms with Gasteiger partial charge in [-0.1, -0.05) is 6.07 Å². The Hall–Kier alpha value is -3.02. The highest BCUT2D eigenvalue weighted by Gasteiger charge is 2.26. The highest BCUT2D eigenvalue weighted by molar-refractivity contribution is 6.09. The van der Waals surface area contributed by atoms with Gasteiger partial charge in [-0.3, -0.25) is 9.59 Å². The number of anilines is 2. The summed E-state index contributed by atoms with van der Waals surface area (Å²) in [5.74, 6) is 0.676. The number of carbonyl (C=O) groups is 2. The van der Waals surface area contributed by atoms with E-state index in [0.29, 0.717) is 28.4 Å². The van der Waals surface area contributed by atoms with E-state index >= 15 is 0 Å². The topological polar surface area (TPSA) is 76.7 Å². The van der Waals surface area contributed by atoms with Crippen LogP contribution in [0.2, 0.25) is 0 Å². The number of hydrogen-bond donors (Lipinski definition) is 2. The van der Waals surface area contributed by atoms with E-state index in [-0.39, 0.29) is 11.8 Å². The summed E-state index contributed by atoms with van der Waals surface area (Å²) in [5, 5.41) is 5.54. The number of benzene rings is 2. The van der Waals surface area contributed by atoms with Gasteiger partial charge in [0.2, 0.25) is 0 Å². The normalized spacial score (nSPS) is 15.9. The highest BCUT2D eigenvalue weighted by atomic mass is 16.5. The molecule has 118 valence electrons. The zero-order valence-electron chi connectivity index (χ0n) is 12.8. The van der Waals surface area contributed by atoms with Gasteiger partial charge in [0.15, 0.2) is 6.10 Å². The van der Waals surface area contributed by atoms with Crippen molar-refractivity contribution in [3.05, 3.63) is 48.0 Å².